The molecule has 1 aliphatic rings. The van der Waals surface area contributed by atoms with Crippen LogP contribution in [0.1, 0.15) is 51.5 Å². The van der Waals surface area contributed by atoms with E-state index in [-0.39, 0.29) is 46.6 Å². The van der Waals surface area contributed by atoms with Crippen molar-refractivity contribution < 1.29 is 27.6 Å². The first-order chi connectivity index (χ1) is 20.6. The lowest BCUT2D eigenvalue weighted by atomic mass is 10.0. The Bertz CT molecular complexity index is 1510. The van der Waals surface area contributed by atoms with Gasteiger partial charge in [0.25, 0.3) is 8.32 Å². The van der Waals surface area contributed by atoms with Crippen LogP contribution in [0.2, 0.25) is 5.04 Å². The molecule has 1 aromatic heterocycles. The van der Waals surface area contributed by atoms with Gasteiger partial charge in [-0.05, 0) is 47.5 Å². The summed E-state index contributed by atoms with van der Waals surface area (Å²) in [5, 5.41) is 15.0. The van der Waals surface area contributed by atoms with Gasteiger partial charge < -0.3 is 23.7 Å². The van der Waals surface area contributed by atoms with E-state index >= 15 is 8.78 Å². The van der Waals surface area contributed by atoms with E-state index < -0.39 is 20.0 Å². The van der Waals surface area contributed by atoms with Gasteiger partial charge in [-0.3, -0.25) is 0 Å². The van der Waals surface area contributed by atoms with Gasteiger partial charge in [-0.15, -0.1) is 0 Å². The van der Waals surface area contributed by atoms with E-state index in [2.05, 4.69) is 50.2 Å². The molecule has 4 aromatic rings. The highest BCUT2D eigenvalue weighted by Crippen LogP contribution is 2.39. The van der Waals surface area contributed by atoms with Gasteiger partial charge in [0, 0.05) is 24.2 Å². The first kappa shape index (κ1) is 30.7. The van der Waals surface area contributed by atoms with Crippen LogP contribution in [0, 0.1) is 11.6 Å². The molecule has 5 rings (SSSR count). The number of ether oxygens (including phenoxy) is 1. The van der Waals surface area contributed by atoms with Crippen molar-refractivity contribution in [2.24, 2.45) is 5.16 Å². The average Bonchev–Trinajstić information content (AvgIpc) is 3.51. The predicted octanol–water partition coefficient (Wildman–Crippen LogP) is 6.47. The Morgan fingerprint density at radius 2 is 1.51 bits per heavy atom. The lowest BCUT2D eigenvalue weighted by molar-refractivity contribution is -0.00553. The summed E-state index contributed by atoms with van der Waals surface area (Å²) in [6.45, 7) is 11.1. The second-order valence-corrected chi connectivity index (χ2v) is 16.4. The lowest BCUT2D eigenvalue weighted by Gasteiger charge is -2.43. The molecule has 1 N–H and O–H groups in total. The van der Waals surface area contributed by atoms with Crippen molar-refractivity contribution in [2.45, 2.75) is 58.5 Å². The van der Waals surface area contributed by atoms with E-state index in [4.69, 9.17) is 13.6 Å². The molecule has 2 atom stereocenters. The maximum absolute atomic E-state index is 16.3. The average molecular weight is 605 g/mol. The molecule has 0 unspecified atom stereocenters. The number of hydrogen-bond donors (Lipinski definition) is 1. The van der Waals surface area contributed by atoms with Crippen LogP contribution in [0.4, 0.5) is 14.5 Å². The summed E-state index contributed by atoms with van der Waals surface area (Å²) in [7, 11) is -3.03. The number of benzene rings is 3. The molecule has 1 fully saturated rings. The van der Waals surface area contributed by atoms with Crippen molar-refractivity contribution in [2.75, 3.05) is 18.0 Å². The number of halogens is 2. The van der Waals surface area contributed by atoms with E-state index in [1.807, 2.05) is 55.1 Å². The number of nitrogens with zero attached hydrogens (tertiary/aromatic N) is 2. The maximum atomic E-state index is 16.3. The quantitative estimate of drug-likeness (QED) is 0.108. The van der Waals surface area contributed by atoms with Crippen molar-refractivity contribution in [3.63, 3.8) is 0 Å². The summed E-state index contributed by atoms with van der Waals surface area (Å²) < 4.78 is 50.7. The van der Waals surface area contributed by atoms with Crippen LogP contribution < -0.4 is 15.3 Å². The third kappa shape index (κ3) is 5.89. The van der Waals surface area contributed by atoms with Gasteiger partial charge in [-0.25, -0.2) is 8.78 Å². The SMILES string of the molecule is C[C@@H]1CN(c2c(CO[Si](c3ccccc3)(c3ccccc3)C(C)(C)C)cc(/C(=N/O)c3ccco3)c(F)c2F)C[C@H](C)O1. The van der Waals surface area contributed by atoms with E-state index in [0.29, 0.717) is 18.7 Å². The Morgan fingerprint density at radius 1 is 0.930 bits per heavy atom. The van der Waals surface area contributed by atoms with Crippen molar-refractivity contribution in [1.82, 2.24) is 0 Å². The van der Waals surface area contributed by atoms with E-state index in [9.17, 15) is 5.21 Å². The topological polar surface area (TPSA) is 67.4 Å². The van der Waals surface area contributed by atoms with Crippen molar-refractivity contribution >= 4 is 30.1 Å². The predicted molar refractivity (Wildman–Crippen MR) is 167 cm³/mol. The standard InChI is InChI=1S/C34H38F2N2O4Si/c1-23-20-38(21-24(2)42-23)33-25(19-28(30(35)31(33)36)32(37-39)29-17-12-18-40-29)22-41-43(34(3,4)5,26-13-8-6-9-14-26)27-15-10-7-11-16-27/h6-19,23-24,39H,20-22H2,1-5H3/b37-32-/t23-,24+. The van der Waals surface area contributed by atoms with Crippen LogP contribution in [-0.4, -0.2) is 44.5 Å². The number of anilines is 1. The molecule has 0 saturated carbocycles. The lowest BCUT2D eigenvalue weighted by Crippen LogP contribution is -2.66. The minimum Gasteiger partial charge on any atom is -0.463 e. The Kier molecular flexibility index (Phi) is 8.87. The van der Waals surface area contributed by atoms with Crippen LogP contribution in [0.3, 0.4) is 0 Å². The van der Waals surface area contributed by atoms with Gasteiger partial charge in [0.1, 0.15) is 0 Å². The fourth-order valence-electron chi connectivity index (χ4n) is 6.25. The number of oxime groups is 1. The fourth-order valence-corrected chi connectivity index (χ4v) is 10.8. The summed E-state index contributed by atoms with van der Waals surface area (Å²) in [6, 6.07) is 24.9. The molecule has 0 amide bonds. The van der Waals surface area contributed by atoms with Crippen molar-refractivity contribution in [3.8, 4) is 0 Å². The van der Waals surface area contributed by atoms with Gasteiger partial charge in [-0.2, -0.15) is 0 Å². The number of rotatable bonds is 8. The highest BCUT2D eigenvalue weighted by atomic mass is 28.4. The summed E-state index contributed by atoms with van der Waals surface area (Å²) in [6.07, 6.45) is 1.01. The second kappa shape index (κ2) is 12.4. The van der Waals surface area contributed by atoms with Crippen LogP contribution in [0.25, 0.3) is 0 Å². The number of hydrogen-bond acceptors (Lipinski definition) is 6. The zero-order valence-corrected chi connectivity index (χ0v) is 26.2. The molecule has 6 nitrogen and oxygen atoms in total. The van der Waals surface area contributed by atoms with Crippen LogP contribution in [-0.2, 0) is 15.8 Å². The third-order valence-corrected chi connectivity index (χ3v) is 12.9. The number of furan rings is 1. The monoisotopic (exact) mass is 604 g/mol. The molecule has 3 aromatic carbocycles. The van der Waals surface area contributed by atoms with Gasteiger partial charge >= 0.3 is 0 Å². The molecule has 0 bridgehead atoms. The van der Waals surface area contributed by atoms with Gasteiger partial charge in [0.05, 0.1) is 30.8 Å². The molecule has 9 heteroatoms. The van der Waals surface area contributed by atoms with Gasteiger partial charge in [0.2, 0.25) is 0 Å². The Balaban J connectivity index is 1.70. The fraction of sp³-hybridized carbons (Fsp3) is 0.324. The van der Waals surface area contributed by atoms with Crippen LogP contribution in [0.5, 0.6) is 0 Å². The summed E-state index contributed by atoms with van der Waals surface area (Å²) in [5.74, 6) is -2.05. The highest BCUT2D eigenvalue weighted by molar-refractivity contribution is 6.99. The van der Waals surface area contributed by atoms with E-state index in [0.717, 1.165) is 10.4 Å². The third-order valence-electron chi connectivity index (χ3n) is 7.97. The minimum atomic E-state index is -3.03. The molecule has 1 saturated heterocycles. The molecule has 2 heterocycles. The Morgan fingerprint density at radius 3 is 2.00 bits per heavy atom. The zero-order valence-electron chi connectivity index (χ0n) is 25.2. The molecule has 226 valence electrons. The van der Waals surface area contributed by atoms with Crippen molar-refractivity contribution in [1.29, 1.82) is 0 Å². The second-order valence-electron chi connectivity index (χ2n) is 12.1. The van der Waals surface area contributed by atoms with Crippen LogP contribution >= 0.6 is 0 Å². The summed E-state index contributed by atoms with van der Waals surface area (Å²) in [4.78, 5) is 1.83. The molecule has 1 aliphatic heterocycles. The van der Waals surface area contributed by atoms with Crippen LogP contribution in [0.15, 0.2) is 94.7 Å². The maximum Gasteiger partial charge on any atom is 0.261 e. The van der Waals surface area contributed by atoms with E-state index in [1.165, 1.54) is 18.4 Å². The Labute approximate surface area is 252 Å². The Hall–Kier alpha value is -3.79. The first-order valence-corrected chi connectivity index (χ1v) is 16.4. The summed E-state index contributed by atoms with van der Waals surface area (Å²) >= 11 is 0. The molecular weight excluding hydrogens is 566 g/mol. The number of morpholine rings is 1. The largest absolute Gasteiger partial charge is 0.463 e. The molecule has 0 aliphatic carbocycles. The highest BCUT2D eigenvalue weighted by Gasteiger charge is 2.50. The zero-order chi connectivity index (χ0) is 30.8. The molecule has 43 heavy (non-hydrogen) atoms. The van der Waals surface area contributed by atoms with Gasteiger partial charge in [0.15, 0.2) is 23.1 Å². The molecular formula is C34H38F2N2O4Si. The van der Waals surface area contributed by atoms with Gasteiger partial charge in [-0.1, -0.05) is 86.6 Å². The molecule has 0 spiro atoms. The van der Waals surface area contributed by atoms with E-state index in [1.54, 1.807) is 6.07 Å². The molecule has 0 radical (unpaired) electrons. The first-order valence-electron chi connectivity index (χ1n) is 14.5. The minimum absolute atomic E-state index is 0.0101. The normalized spacial score (nSPS) is 18.2. The summed E-state index contributed by atoms with van der Waals surface area (Å²) in [5.41, 5.74) is 0.145. The van der Waals surface area contributed by atoms with Crippen molar-refractivity contribution in [3.05, 3.63) is 114 Å². The smallest absolute Gasteiger partial charge is 0.261 e.